The van der Waals surface area contributed by atoms with Gasteiger partial charge in [-0.3, -0.25) is 9.69 Å². The molecule has 0 radical (unpaired) electrons. The molecule has 0 aliphatic rings. The Kier molecular flexibility index (Phi) is 8.04. The third-order valence-electron chi connectivity index (χ3n) is 3.91. The largest absolute Gasteiger partial charge is 0.489 e. The summed E-state index contributed by atoms with van der Waals surface area (Å²) in [7, 11) is 2.08. The highest BCUT2D eigenvalue weighted by Gasteiger charge is 2.03. The molecule has 2 rings (SSSR count). The topological polar surface area (TPSA) is 29.5 Å². The van der Waals surface area contributed by atoms with E-state index < -0.39 is 0 Å². The Labute approximate surface area is 169 Å². The number of hydrogen-bond donors (Lipinski definition) is 0. The minimum absolute atomic E-state index is 0.0330. The molecule has 0 aliphatic heterocycles. The monoisotopic (exact) mass is 375 g/mol. The smallest absolute Gasteiger partial charge is 0.150 e. The number of hydrogen-bond acceptors (Lipinski definition) is 3. The first-order chi connectivity index (χ1) is 13.4. The van der Waals surface area contributed by atoms with E-state index in [1.165, 1.54) is 5.56 Å². The van der Waals surface area contributed by atoms with Crippen LogP contribution >= 0.6 is 0 Å². The first-order valence-electron chi connectivity index (χ1n) is 9.48. The van der Waals surface area contributed by atoms with Crippen LogP contribution in [0.3, 0.4) is 0 Å². The van der Waals surface area contributed by atoms with Crippen LogP contribution in [0.2, 0.25) is 0 Å². The Hall–Kier alpha value is -2.83. The number of carbonyl (C=O) groups is 1. The van der Waals surface area contributed by atoms with E-state index in [4.69, 9.17) is 4.74 Å². The molecule has 3 nitrogen and oxygen atoms in total. The van der Waals surface area contributed by atoms with Gasteiger partial charge < -0.3 is 4.74 Å². The Morgan fingerprint density at radius 2 is 1.82 bits per heavy atom. The predicted octanol–water partition coefficient (Wildman–Crippen LogP) is 5.12. The number of nitrogens with zero attached hydrogens (tertiary/aromatic N) is 1. The van der Waals surface area contributed by atoms with Gasteiger partial charge in [0.25, 0.3) is 0 Å². The van der Waals surface area contributed by atoms with E-state index in [0.29, 0.717) is 12.2 Å². The lowest BCUT2D eigenvalue weighted by molar-refractivity contribution is 0.112. The third-order valence-corrected chi connectivity index (χ3v) is 3.91. The van der Waals surface area contributed by atoms with Crippen molar-refractivity contribution < 1.29 is 9.53 Å². The first-order valence-corrected chi connectivity index (χ1v) is 9.48. The molecule has 2 aromatic rings. The van der Waals surface area contributed by atoms with Crippen LogP contribution in [-0.4, -0.2) is 24.8 Å². The molecule has 0 unspecified atom stereocenters. The maximum absolute atomic E-state index is 10.9. The number of ether oxygens (including phenoxy) is 1. The molecule has 0 fully saturated rings. The molecule has 0 heterocycles. The van der Waals surface area contributed by atoms with Crippen molar-refractivity contribution in [3.8, 4) is 17.6 Å². The van der Waals surface area contributed by atoms with Gasteiger partial charge in [-0.1, -0.05) is 48.2 Å². The molecular weight excluding hydrogens is 346 g/mol. The summed E-state index contributed by atoms with van der Waals surface area (Å²) in [5.74, 6) is 7.12. The van der Waals surface area contributed by atoms with Crippen LogP contribution in [-0.2, 0) is 13.2 Å². The number of benzene rings is 2. The summed E-state index contributed by atoms with van der Waals surface area (Å²) in [6.07, 6.45) is 4.86. The Balaban J connectivity index is 1.87. The van der Waals surface area contributed by atoms with Crippen LogP contribution in [0, 0.1) is 17.3 Å². The van der Waals surface area contributed by atoms with E-state index >= 15 is 0 Å². The van der Waals surface area contributed by atoms with Gasteiger partial charge >= 0.3 is 0 Å². The predicted molar refractivity (Wildman–Crippen MR) is 115 cm³/mol. The molecule has 0 amide bonds. The van der Waals surface area contributed by atoms with E-state index in [1.807, 2.05) is 36.4 Å². The van der Waals surface area contributed by atoms with Gasteiger partial charge in [-0.15, -0.1) is 0 Å². The zero-order chi connectivity index (χ0) is 20.4. The first kappa shape index (κ1) is 21.5. The maximum atomic E-state index is 10.9. The normalized spacial score (nSPS) is 11.3. The summed E-state index contributed by atoms with van der Waals surface area (Å²) in [5, 5.41) is 0. The molecule has 0 aromatic heterocycles. The summed E-state index contributed by atoms with van der Waals surface area (Å²) in [4.78, 5) is 13.1. The molecule has 3 heteroatoms. The van der Waals surface area contributed by atoms with Crippen molar-refractivity contribution in [3.63, 3.8) is 0 Å². The van der Waals surface area contributed by atoms with Crippen LogP contribution in [0.1, 0.15) is 42.3 Å². The summed E-state index contributed by atoms with van der Waals surface area (Å²) < 4.78 is 5.89. The number of carbonyl (C=O) groups excluding carboxylic acids is 1. The second-order valence-electron chi connectivity index (χ2n) is 7.92. The summed E-state index contributed by atoms with van der Waals surface area (Å²) in [6.45, 7) is 8.42. The molecule has 146 valence electrons. The van der Waals surface area contributed by atoms with E-state index in [9.17, 15) is 4.79 Å². The molecule has 0 spiro atoms. The van der Waals surface area contributed by atoms with Gasteiger partial charge in [0.05, 0.1) is 0 Å². The van der Waals surface area contributed by atoms with Gasteiger partial charge in [-0.05, 0) is 63.2 Å². The van der Waals surface area contributed by atoms with Crippen molar-refractivity contribution >= 4 is 6.29 Å². The summed E-state index contributed by atoms with van der Waals surface area (Å²) >= 11 is 0. The van der Waals surface area contributed by atoms with Gasteiger partial charge in [-0.2, -0.15) is 0 Å². The van der Waals surface area contributed by atoms with Gasteiger partial charge in [0.1, 0.15) is 18.6 Å². The van der Waals surface area contributed by atoms with Crippen molar-refractivity contribution in [2.24, 2.45) is 5.41 Å². The van der Waals surface area contributed by atoms with Crippen LogP contribution < -0.4 is 4.74 Å². The molecule has 0 aliphatic carbocycles. The molecule has 0 saturated heterocycles. The second-order valence-corrected chi connectivity index (χ2v) is 7.92. The highest BCUT2D eigenvalue weighted by Crippen LogP contribution is 2.17. The minimum Gasteiger partial charge on any atom is -0.489 e. The lowest BCUT2D eigenvalue weighted by Crippen LogP contribution is -2.17. The zero-order valence-corrected chi connectivity index (χ0v) is 17.2. The number of likely N-dealkylation sites (N-methyl/N-ethyl adjacent to an activating group) is 1. The lowest BCUT2D eigenvalue weighted by atomic mass is 9.98. The molecule has 2 aromatic carbocycles. The number of aldehydes is 1. The average Bonchev–Trinajstić information content (AvgIpc) is 2.65. The standard InChI is InChI=1S/C25H29NO2/c1-25(2,3)14-6-5-7-15-26(4)18-21-10-9-13-24(17-21)28-20-23-12-8-11-22(16-23)19-27/h5,7-13,16-17,19H,15,18,20H2,1-4H3/b7-5+. The van der Waals surface area contributed by atoms with E-state index in [-0.39, 0.29) is 5.41 Å². The number of rotatable bonds is 8. The highest BCUT2D eigenvalue weighted by molar-refractivity contribution is 5.74. The number of allylic oxidation sites excluding steroid dienone is 1. The zero-order valence-electron chi connectivity index (χ0n) is 17.2. The molecular formula is C25H29NO2. The van der Waals surface area contributed by atoms with Crippen LogP contribution in [0.5, 0.6) is 5.75 Å². The molecule has 0 N–H and O–H groups in total. The average molecular weight is 376 g/mol. The summed E-state index contributed by atoms with van der Waals surface area (Å²) in [5.41, 5.74) is 2.87. The molecule has 28 heavy (non-hydrogen) atoms. The lowest BCUT2D eigenvalue weighted by Gasteiger charge is -2.15. The van der Waals surface area contributed by atoms with Crippen molar-refractivity contribution in [1.29, 1.82) is 0 Å². The van der Waals surface area contributed by atoms with Gasteiger partial charge in [0.2, 0.25) is 0 Å². The fourth-order valence-corrected chi connectivity index (χ4v) is 2.58. The SMILES string of the molecule is CN(C/C=C/C#CC(C)(C)C)Cc1cccc(OCc2cccc(C=O)c2)c1. The van der Waals surface area contributed by atoms with E-state index in [2.05, 4.69) is 62.8 Å². The quantitative estimate of drug-likeness (QED) is 0.474. The van der Waals surface area contributed by atoms with E-state index in [1.54, 1.807) is 6.07 Å². The van der Waals surface area contributed by atoms with E-state index in [0.717, 1.165) is 30.7 Å². The molecule has 0 saturated carbocycles. The summed E-state index contributed by atoms with van der Waals surface area (Å²) in [6, 6.07) is 15.6. The van der Waals surface area contributed by atoms with Crippen molar-refractivity contribution in [1.82, 2.24) is 4.90 Å². The molecule has 0 bridgehead atoms. The van der Waals surface area contributed by atoms with Gasteiger partial charge in [0, 0.05) is 24.1 Å². The molecule has 0 atom stereocenters. The Morgan fingerprint density at radius 3 is 2.57 bits per heavy atom. The minimum atomic E-state index is 0.0330. The van der Waals surface area contributed by atoms with Gasteiger partial charge in [0.15, 0.2) is 0 Å². The fourth-order valence-electron chi connectivity index (χ4n) is 2.58. The van der Waals surface area contributed by atoms with Crippen LogP contribution in [0.4, 0.5) is 0 Å². The van der Waals surface area contributed by atoms with Crippen LogP contribution in [0.25, 0.3) is 0 Å². The van der Waals surface area contributed by atoms with Crippen molar-refractivity contribution in [2.75, 3.05) is 13.6 Å². The Bertz CT molecular complexity index is 866. The highest BCUT2D eigenvalue weighted by atomic mass is 16.5. The van der Waals surface area contributed by atoms with Gasteiger partial charge in [-0.25, -0.2) is 0 Å². The second kappa shape index (κ2) is 10.5. The van der Waals surface area contributed by atoms with Crippen molar-refractivity contribution in [3.05, 3.63) is 77.4 Å². The fraction of sp³-hybridized carbons (Fsp3) is 0.320. The van der Waals surface area contributed by atoms with Crippen LogP contribution in [0.15, 0.2) is 60.7 Å². The van der Waals surface area contributed by atoms with Crippen molar-refractivity contribution in [2.45, 2.75) is 33.9 Å². The maximum Gasteiger partial charge on any atom is 0.150 e. The third kappa shape index (κ3) is 8.24. The Morgan fingerprint density at radius 1 is 1.07 bits per heavy atom.